The van der Waals surface area contributed by atoms with Crippen LogP contribution in [0.4, 0.5) is 0 Å². The number of H-pyrrole nitrogens is 1. The second-order valence-electron chi connectivity index (χ2n) is 6.83. The van der Waals surface area contributed by atoms with E-state index in [2.05, 4.69) is 15.3 Å². The van der Waals surface area contributed by atoms with E-state index in [0.717, 1.165) is 31.1 Å². The Balaban J connectivity index is 1.39. The van der Waals surface area contributed by atoms with Crippen molar-refractivity contribution in [3.05, 3.63) is 70.6 Å². The van der Waals surface area contributed by atoms with Crippen LogP contribution in [0.1, 0.15) is 36.0 Å². The largest absolute Gasteiger partial charge is 0.474 e. The molecule has 0 bridgehead atoms. The second-order valence-corrected chi connectivity index (χ2v) is 6.83. The average Bonchev–Trinajstić information content (AvgIpc) is 2.69. The second kappa shape index (κ2) is 7.61. The smallest absolute Gasteiger partial charge is 0.252 e. The van der Waals surface area contributed by atoms with Crippen molar-refractivity contribution in [1.82, 2.24) is 15.3 Å². The van der Waals surface area contributed by atoms with Gasteiger partial charge in [0.1, 0.15) is 6.10 Å². The van der Waals surface area contributed by atoms with Gasteiger partial charge in [-0.2, -0.15) is 0 Å². The fourth-order valence-electron chi connectivity index (χ4n) is 3.57. The summed E-state index contributed by atoms with van der Waals surface area (Å²) in [6, 6.07) is 14.4. The molecule has 0 spiro atoms. The molecule has 1 fully saturated rings. The molecule has 6 nitrogen and oxygen atoms in total. The zero-order chi connectivity index (χ0) is 18.6. The summed E-state index contributed by atoms with van der Waals surface area (Å²) in [5.41, 5.74) is 0.815. The van der Waals surface area contributed by atoms with Crippen molar-refractivity contribution >= 4 is 16.8 Å². The third-order valence-electron chi connectivity index (χ3n) is 4.93. The number of hydrogen-bond acceptors (Lipinski definition) is 4. The SMILES string of the molecule is O=C(NC1CCC(Oc2ccccn2)CC1)c1cc(=O)[nH]c2ccccc12. The molecular weight excluding hydrogens is 342 g/mol. The zero-order valence-electron chi connectivity index (χ0n) is 14.9. The maximum Gasteiger partial charge on any atom is 0.252 e. The predicted molar refractivity (Wildman–Crippen MR) is 103 cm³/mol. The minimum atomic E-state index is -0.272. The number of rotatable bonds is 4. The van der Waals surface area contributed by atoms with Gasteiger partial charge < -0.3 is 15.0 Å². The number of aromatic amines is 1. The van der Waals surface area contributed by atoms with Crippen LogP contribution in [0.15, 0.2) is 59.5 Å². The average molecular weight is 363 g/mol. The van der Waals surface area contributed by atoms with Gasteiger partial charge in [-0.15, -0.1) is 0 Å². The van der Waals surface area contributed by atoms with Gasteiger partial charge in [0, 0.05) is 35.3 Å². The van der Waals surface area contributed by atoms with Crippen molar-refractivity contribution in [1.29, 1.82) is 0 Å². The van der Waals surface area contributed by atoms with Crippen molar-refractivity contribution in [2.24, 2.45) is 0 Å². The van der Waals surface area contributed by atoms with E-state index in [9.17, 15) is 9.59 Å². The Bertz CT molecular complexity index is 992. The molecule has 3 aromatic rings. The third-order valence-corrected chi connectivity index (χ3v) is 4.93. The number of fused-ring (bicyclic) bond motifs is 1. The highest BCUT2D eigenvalue weighted by atomic mass is 16.5. The van der Waals surface area contributed by atoms with Crippen LogP contribution in [0.2, 0.25) is 0 Å². The molecule has 0 saturated heterocycles. The topological polar surface area (TPSA) is 84.1 Å². The molecule has 1 aromatic carbocycles. The van der Waals surface area contributed by atoms with E-state index in [-0.39, 0.29) is 23.6 Å². The standard InChI is InChI=1S/C21H21N3O3/c25-19-13-17(16-5-1-2-6-18(16)24-19)21(26)23-14-8-10-15(11-9-14)27-20-7-3-4-12-22-20/h1-7,12-15H,8-11H2,(H,23,26)(H,24,25). The van der Waals surface area contributed by atoms with Crippen LogP contribution in [0.25, 0.3) is 10.9 Å². The zero-order valence-corrected chi connectivity index (χ0v) is 14.9. The van der Waals surface area contributed by atoms with E-state index in [4.69, 9.17) is 4.74 Å². The summed E-state index contributed by atoms with van der Waals surface area (Å²) < 4.78 is 5.90. The van der Waals surface area contributed by atoms with E-state index < -0.39 is 0 Å². The highest BCUT2D eigenvalue weighted by Gasteiger charge is 2.24. The Hall–Kier alpha value is -3.15. The van der Waals surface area contributed by atoms with E-state index >= 15 is 0 Å². The Morgan fingerprint density at radius 3 is 2.63 bits per heavy atom. The van der Waals surface area contributed by atoms with Crippen molar-refractivity contribution in [2.75, 3.05) is 0 Å². The first-order valence-corrected chi connectivity index (χ1v) is 9.19. The van der Waals surface area contributed by atoms with E-state index in [1.807, 2.05) is 36.4 Å². The van der Waals surface area contributed by atoms with Crippen LogP contribution in [0.5, 0.6) is 5.88 Å². The number of aromatic nitrogens is 2. The number of amides is 1. The minimum Gasteiger partial charge on any atom is -0.474 e. The minimum absolute atomic E-state index is 0.0825. The summed E-state index contributed by atoms with van der Waals surface area (Å²) in [4.78, 5) is 31.6. The summed E-state index contributed by atoms with van der Waals surface area (Å²) in [6.45, 7) is 0. The van der Waals surface area contributed by atoms with Crippen LogP contribution >= 0.6 is 0 Å². The molecule has 138 valence electrons. The lowest BCUT2D eigenvalue weighted by molar-refractivity contribution is 0.0891. The molecule has 2 N–H and O–H groups in total. The predicted octanol–water partition coefficient (Wildman–Crippen LogP) is 3.04. The molecule has 2 aromatic heterocycles. The van der Waals surface area contributed by atoms with Crippen molar-refractivity contribution in [3.63, 3.8) is 0 Å². The number of ether oxygens (including phenoxy) is 1. The number of hydrogen-bond donors (Lipinski definition) is 2. The number of pyridine rings is 2. The molecule has 0 aliphatic heterocycles. The molecule has 0 atom stereocenters. The van der Waals surface area contributed by atoms with Crippen molar-refractivity contribution in [3.8, 4) is 5.88 Å². The van der Waals surface area contributed by atoms with Crippen LogP contribution in [0.3, 0.4) is 0 Å². The van der Waals surface area contributed by atoms with Gasteiger partial charge in [-0.3, -0.25) is 9.59 Å². The van der Waals surface area contributed by atoms with Gasteiger partial charge in [0.2, 0.25) is 11.4 Å². The third kappa shape index (κ3) is 4.00. The van der Waals surface area contributed by atoms with E-state index in [1.165, 1.54) is 6.07 Å². The summed E-state index contributed by atoms with van der Waals surface area (Å²) in [6.07, 6.45) is 5.23. The van der Waals surface area contributed by atoms with Crippen LogP contribution in [-0.4, -0.2) is 28.0 Å². The Morgan fingerprint density at radius 1 is 1.07 bits per heavy atom. The lowest BCUT2D eigenvalue weighted by Gasteiger charge is -2.29. The lowest BCUT2D eigenvalue weighted by atomic mass is 9.92. The normalized spacial score (nSPS) is 19.6. The van der Waals surface area contributed by atoms with Crippen LogP contribution in [0, 0.1) is 0 Å². The lowest BCUT2D eigenvalue weighted by Crippen LogP contribution is -2.40. The van der Waals surface area contributed by atoms with Gasteiger partial charge in [0.05, 0.1) is 5.56 Å². The van der Waals surface area contributed by atoms with E-state index in [0.29, 0.717) is 17.0 Å². The van der Waals surface area contributed by atoms with E-state index in [1.54, 1.807) is 12.3 Å². The highest BCUT2D eigenvalue weighted by molar-refractivity contribution is 6.06. The molecule has 4 rings (SSSR count). The quantitative estimate of drug-likeness (QED) is 0.746. The molecule has 1 saturated carbocycles. The Kier molecular flexibility index (Phi) is 4.87. The van der Waals surface area contributed by atoms with Crippen molar-refractivity contribution < 1.29 is 9.53 Å². The molecular formula is C21H21N3O3. The number of para-hydroxylation sites is 1. The first-order chi connectivity index (χ1) is 13.2. The number of carbonyl (C=O) groups is 1. The Morgan fingerprint density at radius 2 is 1.85 bits per heavy atom. The highest BCUT2D eigenvalue weighted by Crippen LogP contribution is 2.23. The summed E-state index contributed by atoms with van der Waals surface area (Å²) in [5.74, 6) is 0.436. The first-order valence-electron chi connectivity index (χ1n) is 9.19. The first kappa shape index (κ1) is 17.3. The maximum atomic E-state index is 12.7. The fraction of sp³-hybridized carbons (Fsp3) is 0.286. The number of carbonyl (C=O) groups excluding carboxylic acids is 1. The van der Waals surface area contributed by atoms with Crippen molar-refractivity contribution in [2.45, 2.75) is 37.8 Å². The Labute approximate surface area is 156 Å². The van der Waals surface area contributed by atoms with Gasteiger partial charge in [-0.1, -0.05) is 24.3 Å². The summed E-state index contributed by atoms with van der Waals surface area (Å²) in [5, 5.41) is 3.83. The molecule has 1 amide bonds. The molecule has 6 heteroatoms. The number of nitrogens with one attached hydrogen (secondary N) is 2. The van der Waals surface area contributed by atoms with Gasteiger partial charge in [0.25, 0.3) is 5.91 Å². The molecule has 27 heavy (non-hydrogen) atoms. The fourth-order valence-corrected chi connectivity index (χ4v) is 3.57. The molecule has 0 radical (unpaired) electrons. The molecule has 1 aliphatic rings. The maximum absolute atomic E-state index is 12.7. The number of benzene rings is 1. The molecule has 1 aliphatic carbocycles. The van der Waals surface area contributed by atoms with Crippen LogP contribution < -0.4 is 15.6 Å². The van der Waals surface area contributed by atoms with Crippen LogP contribution in [-0.2, 0) is 0 Å². The monoisotopic (exact) mass is 363 g/mol. The molecule has 2 heterocycles. The summed E-state index contributed by atoms with van der Waals surface area (Å²) in [7, 11) is 0. The van der Waals surface area contributed by atoms with Gasteiger partial charge in [0.15, 0.2) is 0 Å². The van der Waals surface area contributed by atoms with Gasteiger partial charge in [-0.25, -0.2) is 4.98 Å². The van der Waals surface area contributed by atoms with Gasteiger partial charge >= 0.3 is 0 Å². The van der Waals surface area contributed by atoms with Gasteiger partial charge in [-0.05, 0) is 37.8 Å². The molecule has 0 unspecified atom stereocenters. The summed E-state index contributed by atoms with van der Waals surface area (Å²) >= 11 is 0. The number of nitrogens with zero attached hydrogens (tertiary/aromatic N) is 1.